The number of ether oxygens (including phenoxy) is 1. The van der Waals surface area contributed by atoms with Gasteiger partial charge < -0.3 is 4.74 Å². The molecule has 5 nitrogen and oxygen atoms in total. The van der Waals surface area contributed by atoms with Crippen molar-refractivity contribution >= 4 is 34.1 Å². The number of aromatic nitrogens is 2. The number of nitrogens with zero attached hydrogens (tertiary/aromatic N) is 2. The molecule has 1 amide bonds. The van der Waals surface area contributed by atoms with E-state index in [0.717, 1.165) is 4.34 Å². The Hall–Kier alpha value is -1.60. The Morgan fingerprint density at radius 1 is 1.32 bits per heavy atom. The minimum Gasteiger partial charge on any atom is -0.481 e. The molecule has 22 heavy (non-hydrogen) atoms. The zero-order chi connectivity index (χ0) is 15.9. The topological polar surface area (TPSA) is 64.1 Å². The molecule has 0 aliphatic heterocycles. The summed E-state index contributed by atoms with van der Waals surface area (Å²) in [5.41, 5.74) is 0. The van der Waals surface area contributed by atoms with Crippen molar-refractivity contribution in [3.8, 4) is 5.75 Å². The summed E-state index contributed by atoms with van der Waals surface area (Å²) >= 11 is 3.00. The van der Waals surface area contributed by atoms with E-state index in [1.165, 1.54) is 11.3 Å². The minimum atomic E-state index is -0.549. The molecule has 1 heterocycles. The summed E-state index contributed by atoms with van der Waals surface area (Å²) in [4.78, 5) is 12.3. The third-order valence-electron chi connectivity index (χ3n) is 2.66. The minimum absolute atomic E-state index is 0.205. The smallest absolute Gasteiger partial charge is 0.267 e. The maximum Gasteiger partial charge on any atom is 0.267 e. The second-order valence-corrected chi connectivity index (χ2v) is 7.66. The average molecular weight is 337 g/mol. The third-order valence-corrected chi connectivity index (χ3v) is 4.58. The molecule has 118 valence electrons. The van der Waals surface area contributed by atoms with Gasteiger partial charge in [0.25, 0.3) is 5.91 Å². The molecule has 0 radical (unpaired) electrons. The van der Waals surface area contributed by atoms with E-state index in [1.54, 1.807) is 11.8 Å². The molecular weight excluding hydrogens is 318 g/mol. The van der Waals surface area contributed by atoms with Gasteiger partial charge in [0.1, 0.15) is 5.75 Å². The highest BCUT2D eigenvalue weighted by Crippen LogP contribution is 2.28. The molecule has 2 aromatic rings. The van der Waals surface area contributed by atoms with Crippen molar-refractivity contribution in [1.29, 1.82) is 0 Å². The van der Waals surface area contributed by atoms with Crippen LogP contribution in [0.3, 0.4) is 0 Å². The highest BCUT2D eigenvalue weighted by molar-refractivity contribution is 8.01. The summed E-state index contributed by atoms with van der Waals surface area (Å²) in [5, 5.41) is 11.8. The van der Waals surface area contributed by atoms with Crippen LogP contribution in [0.2, 0.25) is 0 Å². The molecule has 2 rings (SSSR count). The molecule has 0 aliphatic rings. The standard InChI is InChI=1S/C15H19N3O2S2/c1-4-12(20-11-8-6-5-7-9-11)13(19)16-14-17-18-15(22-14)21-10(2)3/h5-10,12H,4H2,1-3H3,(H,16,17,19). The van der Waals surface area contributed by atoms with Crippen LogP contribution in [-0.4, -0.2) is 27.5 Å². The summed E-state index contributed by atoms with van der Waals surface area (Å²) in [5.74, 6) is 0.474. The molecule has 1 unspecified atom stereocenters. The van der Waals surface area contributed by atoms with E-state index in [1.807, 2.05) is 37.3 Å². The number of hydrogen-bond donors (Lipinski definition) is 1. The summed E-state index contributed by atoms with van der Waals surface area (Å²) < 4.78 is 6.56. The van der Waals surface area contributed by atoms with E-state index in [4.69, 9.17) is 4.74 Å². The monoisotopic (exact) mass is 337 g/mol. The van der Waals surface area contributed by atoms with Crippen LogP contribution in [0.25, 0.3) is 0 Å². The number of benzene rings is 1. The average Bonchev–Trinajstić information content (AvgIpc) is 2.92. The first-order valence-corrected chi connectivity index (χ1v) is 8.80. The summed E-state index contributed by atoms with van der Waals surface area (Å²) in [6.07, 6.45) is 0.0279. The van der Waals surface area contributed by atoms with Crippen LogP contribution in [0.15, 0.2) is 34.7 Å². The lowest BCUT2D eigenvalue weighted by Gasteiger charge is -2.16. The van der Waals surface area contributed by atoms with Crippen molar-refractivity contribution in [2.75, 3.05) is 5.32 Å². The van der Waals surface area contributed by atoms with Crippen LogP contribution < -0.4 is 10.1 Å². The number of hydrogen-bond acceptors (Lipinski definition) is 6. The highest BCUT2D eigenvalue weighted by Gasteiger charge is 2.20. The molecule has 1 aromatic carbocycles. The largest absolute Gasteiger partial charge is 0.481 e. The molecule has 0 saturated carbocycles. The summed E-state index contributed by atoms with van der Waals surface area (Å²) in [6, 6.07) is 9.32. The van der Waals surface area contributed by atoms with Crippen molar-refractivity contribution in [2.45, 2.75) is 42.9 Å². The first-order chi connectivity index (χ1) is 10.6. The fourth-order valence-electron chi connectivity index (χ4n) is 1.68. The number of rotatable bonds is 7. The Kier molecular flexibility index (Phi) is 6.21. The van der Waals surface area contributed by atoms with Crippen LogP contribution >= 0.6 is 23.1 Å². The molecule has 0 saturated heterocycles. The van der Waals surface area contributed by atoms with E-state index in [2.05, 4.69) is 29.4 Å². The third kappa shape index (κ3) is 4.99. The van der Waals surface area contributed by atoms with Crippen LogP contribution in [0.1, 0.15) is 27.2 Å². The lowest BCUT2D eigenvalue weighted by Crippen LogP contribution is -2.32. The molecule has 0 fully saturated rings. The first kappa shape index (κ1) is 16.8. The molecule has 0 aliphatic carbocycles. The van der Waals surface area contributed by atoms with E-state index in [-0.39, 0.29) is 5.91 Å². The van der Waals surface area contributed by atoms with Crippen LogP contribution in [0.4, 0.5) is 5.13 Å². The van der Waals surface area contributed by atoms with Gasteiger partial charge in [-0.25, -0.2) is 0 Å². The van der Waals surface area contributed by atoms with Crippen molar-refractivity contribution in [3.63, 3.8) is 0 Å². The molecule has 1 atom stereocenters. The van der Waals surface area contributed by atoms with Gasteiger partial charge in [-0.2, -0.15) is 0 Å². The normalized spacial score (nSPS) is 12.2. The Bertz CT molecular complexity index is 602. The van der Waals surface area contributed by atoms with Crippen molar-refractivity contribution in [2.24, 2.45) is 0 Å². The molecule has 7 heteroatoms. The molecule has 1 aromatic heterocycles. The lowest BCUT2D eigenvalue weighted by atomic mass is 10.2. The number of thioether (sulfide) groups is 1. The van der Waals surface area contributed by atoms with Gasteiger partial charge in [0.2, 0.25) is 5.13 Å². The number of carbonyl (C=O) groups excluding carboxylic acids is 1. The predicted octanol–water partition coefficient (Wildman–Crippen LogP) is 3.83. The number of nitrogens with one attached hydrogen (secondary N) is 1. The maximum absolute atomic E-state index is 12.3. The van der Waals surface area contributed by atoms with E-state index >= 15 is 0 Å². The van der Waals surface area contributed by atoms with Gasteiger partial charge in [0, 0.05) is 5.25 Å². The number of carbonyl (C=O) groups is 1. The first-order valence-electron chi connectivity index (χ1n) is 7.11. The fraction of sp³-hybridized carbons (Fsp3) is 0.400. The number of para-hydroxylation sites is 1. The fourth-order valence-corrected chi connectivity index (χ4v) is 3.66. The van der Waals surface area contributed by atoms with Gasteiger partial charge >= 0.3 is 0 Å². The highest BCUT2D eigenvalue weighted by atomic mass is 32.2. The van der Waals surface area contributed by atoms with Crippen LogP contribution in [-0.2, 0) is 4.79 Å². The lowest BCUT2D eigenvalue weighted by molar-refractivity contribution is -0.122. The Balaban J connectivity index is 1.95. The zero-order valence-corrected chi connectivity index (χ0v) is 14.4. The summed E-state index contributed by atoms with van der Waals surface area (Å²) in [6.45, 7) is 6.09. The van der Waals surface area contributed by atoms with E-state index < -0.39 is 6.10 Å². The van der Waals surface area contributed by atoms with Gasteiger partial charge in [0.15, 0.2) is 10.4 Å². The second kappa shape index (κ2) is 8.14. The second-order valence-electron chi connectivity index (χ2n) is 4.86. The Morgan fingerprint density at radius 2 is 2.05 bits per heavy atom. The van der Waals surface area contributed by atoms with Crippen LogP contribution in [0.5, 0.6) is 5.75 Å². The Labute approximate surface area is 138 Å². The van der Waals surface area contributed by atoms with Crippen LogP contribution in [0, 0.1) is 0 Å². The Morgan fingerprint density at radius 3 is 2.68 bits per heavy atom. The number of anilines is 1. The molecule has 0 bridgehead atoms. The maximum atomic E-state index is 12.3. The van der Waals surface area contributed by atoms with E-state index in [9.17, 15) is 4.79 Å². The molecular formula is C15H19N3O2S2. The van der Waals surface area contributed by atoms with Crippen molar-refractivity contribution < 1.29 is 9.53 Å². The molecule has 1 N–H and O–H groups in total. The zero-order valence-electron chi connectivity index (χ0n) is 12.8. The number of amides is 1. The SMILES string of the molecule is CCC(Oc1ccccc1)C(=O)Nc1nnc(SC(C)C)s1. The van der Waals surface area contributed by atoms with Crippen molar-refractivity contribution in [3.05, 3.63) is 30.3 Å². The van der Waals surface area contributed by atoms with Gasteiger partial charge in [-0.1, -0.05) is 62.1 Å². The molecule has 0 spiro atoms. The van der Waals surface area contributed by atoms with Gasteiger partial charge in [-0.15, -0.1) is 10.2 Å². The quantitative estimate of drug-likeness (QED) is 0.614. The van der Waals surface area contributed by atoms with Gasteiger partial charge in [-0.05, 0) is 18.6 Å². The van der Waals surface area contributed by atoms with E-state index in [0.29, 0.717) is 22.6 Å². The predicted molar refractivity (Wildman–Crippen MR) is 90.7 cm³/mol. The van der Waals surface area contributed by atoms with Gasteiger partial charge in [0.05, 0.1) is 0 Å². The summed E-state index contributed by atoms with van der Waals surface area (Å²) in [7, 11) is 0. The van der Waals surface area contributed by atoms with Crippen molar-refractivity contribution in [1.82, 2.24) is 10.2 Å². The van der Waals surface area contributed by atoms with Gasteiger partial charge in [-0.3, -0.25) is 10.1 Å².